The van der Waals surface area contributed by atoms with Gasteiger partial charge >= 0.3 is 5.97 Å². The molecule has 0 spiro atoms. The lowest BCUT2D eigenvalue weighted by molar-refractivity contribution is -0.123. The summed E-state index contributed by atoms with van der Waals surface area (Å²) >= 11 is 5.88. The summed E-state index contributed by atoms with van der Waals surface area (Å²) in [6.07, 6.45) is 1.43. The Labute approximate surface area is 202 Å². The first-order valence-corrected chi connectivity index (χ1v) is 10.7. The van der Waals surface area contributed by atoms with Crippen LogP contribution < -0.4 is 24.4 Å². The maximum Gasteiger partial charge on any atom is 0.343 e. The van der Waals surface area contributed by atoms with Gasteiger partial charge in [-0.15, -0.1) is 0 Å². The number of nitrogens with one attached hydrogen (secondary N) is 1. The van der Waals surface area contributed by atoms with Gasteiger partial charge in [-0.1, -0.05) is 17.7 Å². The Bertz CT molecular complexity index is 1160. The number of carbonyl (C=O) groups is 2. The van der Waals surface area contributed by atoms with Gasteiger partial charge in [0.2, 0.25) is 0 Å². The third kappa shape index (κ3) is 7.25. The van der Waals surface area contributed by atoms with E-state index in [2.05, 4.69) is 10.5 Å². The second-order valence-electron chi connectivity index (χ2n) is 6.80. The molecule has 176 valence electrons. The van der Waals surface area contributed by atoms with E-state index in [1.165, 1.54) is 13.3 Å². The van der Waals surface area contributed by atoms with Gasteiger partial charge in [-0.05, 0) is 73.2 Å². The van der Waals surface area contributed by atoms with Crippen LogP contribution in [0.2, 0.25) is 5.02 Å². The van der Waals surface area contributed by atoms with Crippen molar-refractivity contribution in [2.75, 3.05) is 20.3 Å². The van der Waals surface area contributed by atoms with Crippen molar-refractivity contribution < 1.29 is 28.5 Å². The zero-order chi connectivity index (χ0) is 24.3. The normalized spacial score (nSPS) is 10.6. The molecule has 3 rings (SSSR count). The van der Waals surface area contributed by atoms with Crippen molar-refractivity contribution in [2.45, 2.75) is 6.92 Å². The Morgan fingerprint density at radius 2 is 1.76 bits per heavy atom. The molecule has 0 heterocycles. The highest BCUT2D eigenvalue weighted by Gasteiger charge is 2.13. The highest BCUT2D eigenvalue weighted by Crippen LogP contribution is 2.28. The number of nitrogens with zero attached hydrogens (tertiary/aromatic N) is 1. The molecule has 9 heteroatoms. The summed E-state index contributed by atoms with van der Waals surface area (Å²) in [5.74, 6) is 0.755. The summed E-state index contributed by atoms with van der Waals surface area (Å²) in [6, 6.07) is 18.2. The number of methoxy groups -OCH3 is 1. The molecule has 0 aliphatic heterocycles. The molecule has 8 nitrogen and oxygen atoms in total. The fourth-order valence-corrected chi connectivity index (χ4v) is 2.96. The van der Waals surface area contributed by atoms with Gasteiger partial charge in [0.15, 0.2) is 18.1 Å². The number of benzene rings is 3. The molecule has 0 saturated heterocycles. The van der Waals surface area contributed by atoms with Crippen molar-refractivity contribution in [3.8, 4) is 23.0 Å². The number of hydrogen-bond donors (Lipinski definition) is 1. The number of ether oxygens (including phenoxy) is 4. The van der Waals surface area contributed by atoms with Crippen LogP contribution in [0.3, 0.4) is 0 Å². The summed E-state index contributed by atoms with van der Waals surface area (Å²) < 4.78 is 21.5. The van der Waals surface area contributed by atoms with Crippen molar-refractivity contribution in [1.82, 2.24) is 5.43 Å². The molecule has 0 aliphatic rings. The molecule has 0 atom stereocenters. The standard InChI is InChI=1S/C25H23ClN2O6/c1-3-32-20-10-8-18(9-11-20)25(30)34-22-12-7-17(13-23(22)31-2)15-27-28-24(29)16-33-21-6-4-5-19(26)14-21/h4-15H,3,16H2,1-2H3,(H,28,29)/b27-15+. The second-order valence-corrected chi connectivity index (χ2v) is 7.23. The molecule has 0 aromatic heterocycles. The van der Waals surface area contributed by atoms with Crippen LogP contribution >= 0.6 is 11.6 Å². The van der Waals surface area contributed by atoms with Gasteiger partial charge in [-0.3, -0.25) is 4.79 Å². The van der Waals surface area contributed by atoms with Gasteiger partial charge < -0.3 is 18.9 Å². The van der Waals surface area contributed by atoms with Gasteiger partial charge in [-0.2, -0.15) is 5.10 Å². The first kappa shape index (κ1) is 24.6. The van der Waals surface area contributed by atoms with Crippen LogP contribution in [0.1, 0.15) is 22.8 Å². The maximum absolute atomic E-state index is 12.5. The number of rotatable bonds is 10. The highest BCUT2D eigenvalue weighted by molar-refractivity contribution is 6.30. The van der Waals surface area contributed by atoms with Crippen molar-refractivity contribution in [2.24, 2.45) is 5.10 Å². The number of esters is 1. The van der Waals surface area contributed by atoms with Crippen molar-refractivity contribution in [3.05, 3.63) is 82.9 Å². The van der Waals surface area contributed by atoms with Crippen LogP contribution in [0.25, 0.3) is 0 Å². The van der Waals surface area contributed by atoms with E-state index in [9.17, 15) is 9.59 Å². The highest BCUT2D eigenvalue weighted by atomic mass is 35.5. The van der Waals surface area contributed by atoms with Gasteiger partial charge in [-0.25, -0.2) is 10.2 Å². The molecule has 0 aliphatic carbocycles. The largest absolute Gasteiger partial charge is 0.494 e. The fraction of sp³-hybridized carbons (Fsp3) is 0.160. The quantitative estimate of drug-likeness (QED) is 0.198. The van der Waals surface area contributed by atoms with Crippen LogP contribution in [-0.2, 0) is 4.79 Å². The smallest absolute Gasteiger partial charge is 0.343 e. The number of halogens is 1. The van der Waals surface area contributed by atoms with Crippen LogP contribution in [0.15, 0.2) is 71.8 Å². The summed E-state index contributed by atoms with van der Waals surface area (Å²) in [6.45, 7) is 2.20. The van der Waals surface area contributed by atoms with Gasteiger partial charge in [0.1, 0.15) is 11.5 Å². The minimum absolute atomic E-state index is 0.221. The molecule has 1 amide bonds. The van der Waals surface area contributed by atoms with Crippen LogP contribution in [0, 0.1) is 0 Å². The molecule has 0 unspecified atom stereocenters. The van der Waals surface area contributed by atoms with E-state index < -0.39 is 11.9 Å². The lowest BCUT2D eigenvalue weighted by Crippen LogP contribution is -2.24. The molecule has 3 aromatic carbocycles. The Balaban J connectivity index is 1.55. The topological polar surface area (TPSA) is 95.5 Å². The lowest BCUT2D eigenvalue weighted by Gasteiger charge is -2.10. The Kier molecular flexibility index (Phi) is 8.88. The van der Waals surface area contributed by atoms with E-state index >= 15 is 0 Å². The minimum atomic E-state index is -0.533. The Morgan fingerprint density at radius 3 is 2.47 bits per heavy atom. The Hall–Kier alpha value is -4.04. The first-order chi connectivity index (χ1) is 16.5. The predicted octanol–water partition coefficient (Wildman–Crippen LogP) is 4.50. The molecule has 0 saturated carbocycles. The van der Waals surface area contributed by atoms with E-state index in [1.54, 1.807) is 66.7 Å². The van der Waals surface area contributed by atoms with E-state index in [4.69, 9.17) is 30.5 Å². The fourth-order valence-electron chi connectivity index (χ4n) is 2.78. The van der Waals surface area contributed by atoms with Gasteiger partial charge in [0.05, 0.1) is 25.5 Å². The van der Waals surface area contributed by atoms with Gasteiger partial charge in [0.25, 0.3) is 5.91 Å². The van der Waals surface area contributed by atoms with Crippen molar-refractivity contribution in [1.29, 1.82) is 0 Å². The summed E-state index contributed by atoms with van der Waals surface area (Å²) in [4.78, 5) is 24.4. The van der Waals surface area contributed by atoms with Crippen LogP contribution in [0.4, 0.5) is 0 Å². The summed E-state index contributed by atoms with van der Waals surface area (Å²) in [7, 11) is 1.46. The molecular formula is C25H23ClN2O6. The third-order valence-electron chi connectivity index (χ3n) is 4.36. The minimum Gasteiger partial charge on any atom is -0.494 e. The molecular weight excluding hydrogens is 460 g/mol. The summed E-state index contributed by atoms with van der Waals surface area (Å²) in [5.41, 5.74) is 3.36. The monoisotopic (exact) mass is 482 g/mol. The lowest BCUT2D eigenvalue weighted by atomic mass is 10.2. The van der Waals surface area contributed by atoms with Crippen LogP contribution in [0.5, 0.6) is 23.0 Å². The number of carbonyl (C=O) groups excluding carboxylic acids is 2. The molecule has 0 bridgehead atoms. The number of hydrogen-bond acceptors (Lipinski definition) is 7. The maximum atomic E-state index is 12.5. The van der Waals surface area contributed by atoms with E-state index in [1.807, 2.05) is 6.92 Å². The van der Waals surface area contributed by atoms with E-state index in [0.29, 0.717) is 40.0 Å². The van der Waals surface area contributed by atoms with Crippen LogP contribution in [-0.4, -0.2) is 38.4 Å². The number of amides is 1. The SMILES string of the molecule is CCOc1ccc(C(=O)Oc2ccc(/C=N/NC(=O)COc3cccc(Cl)c3)cc2OC)cc1. The third-order valence-corrected chi connectivity index (χ3v) is 4.60. The molecule has 0 fully saturated rings. The predicted molar refractivity (Wildman–Crippen MR) is 128 cm³/mol. The average molecular weight is 483 g/mol. The zero-order valence-corrected chi connectivity index (χ0v) is 19.4. The molecule has 1 N–H and O–H groups in total. The zero-order valence-electron chi connectivity index (χ0n) is 18.6. The molecule has 34 heavy (non-hydrogen) atoms. The van der Waals surface area contributed by atoms with Gasteiger partial charge in [0, 0.05) is 5.02 Å². The summed E-state index contributed by atoms with van der Waals surface area (Å²) in [5, 5.41) is 4.41. The Morgan fingerprint density at radius 1 is 0.971 bits per heavy atom. The van der Waals surface area contributed by atoms with E-state index in [-0.39, 0.29) is 12.4 Å². The molecule has 3 aromatic rings. The number of hydrazone groups is 1. The van der Waals surface area contributed by atoms with Crippen molar-refractivity contribution in [3.63, 3.8) is 0 Å². The van der Waals surface area contributed by atoms with E-state index in [0.717, 1.165) is 0 Å². The average Bonchev–Trinajstić information content (AvgIpc) is 2.84. The van der Waals surface area contributed by atoms with Crippen molar-refractivity contribution >= 4 is 29.7 Å². The first-order valence-electron chi connectivity index (χ1n) is 10.3. The molecule has 0 radical (unpaired) electrons. The second kappa shape index (κ2) is 12.3.